The van der Waals surface area contributed by atoms with Crippen molar-refractivity contribution in [3.05, 3.63) is 48.5 Å². The second-order valence-corrected chi connectivity index (χ2v) is 6.00. The summed E-state index contributed by atoms with van der Waals surface area (Å²) < 4.78 is 14.8. The molecule has 1 amide bonds. The normalized spacial score (nSPS) is 16.4. The van der Waals surface area contributed by atoms with Crippen molar-refractivity contribution >= 4 is 11.6 Å². The Labute approximate surface area is 135 Å². The maximum Gasteiger partial charge on any atom is 0.238 e. The van der Waals surface area contributed by atoms with Crippen LogP contribution in [0.1, 0.15) is 12.8 Å². The molecule has 0 saturated carbocycles. The van der Waals surface area contributed by atoms with Gasteiger partial charge in [0.05, 0.1) is 6.54 Å². The maximum atomic E-state index is 12.8. The van der Waals surface area contributed by atoms with E-state index < -0.39 is 0 Å². The lowest BCUT2D eigenvalue weighted by molar-refractivity contribution is -0.117. The van der Waals surface area contributed by atoms with E-state index >= 15 is 0 Å². The number of rotatable bonds is 5. The zero-order valence-corrected chi connectivity index (χ0v) is 13.0. The van der Waals surface area contributed by atoms with E-state index in [1.54, 1.807) is 18.3 Å². The van der Waals surface area contributed by atoms with Crippen molar-refractivity contribution in [2.45, 2.75) is 19.4 Å². The molecule has 1 aromatic carbocycles. The largest absolute Gasteiger partial charge is 0.325 e. The number of halogens is 1. The van der Waals surface area contributed by atoms with Crippen LogP contribution in [0.5, 0.6) is 0 Å². The lowest BCUT2D eigenvalue weighted by Gasteiger charge is -2.31. The quantitative estimate of drug-likeness (QED) is 0.921. The molecule has 0 aliphatic carbocycles. The number of carbonyl (C=O) groups is 1. The summed E-state index contributed by atoms with van der Waals surface area (Å²) in [6.07, 6.45) is 5.94. The minimum Gasteiger partial charge on any atom is -0.325 e. The topological polar surface area (TPSA) is 50.2 Å². The molecule has 0 unspecified atom stereocenters. The van der Waals surface area contributed by atoms with Crippen LogP contribution in [-0.2, 0) is 11.3 Å². The van der Waals surface area contributed by atoms with Gasteiger partial charge in [-0.2, -0.15) is 5.10 Å². The van der Waals surface area contributed by atoms with Gasteiger partial charge in [0.2, 0.25) is 5.91 Å². The highest BCUT2D eigenvalue weighted by Crippen LogP contribution is 2.18. The van der Waals surface area contributed by atoms with Crippen LogP contribution in [0.15, 0.2) is 42.7 Å². The Morgan fingerprint density at radius 1 is 1.26 bits per heavy atom. The molecule has 6 heteroatoms. The van der Waals surface area contributed by atoms with Gasteiger partial charge in [-0.05, 0) is 62.2 Å². The number of amides is 1. The van der Waals surface area contributed by atoms with Gasteiger partial charge in [0, 0.05) is 24.6 Å². The summed E-state index contributed by atoms with van der Waals surface area (Å²) in [5, 5.41) is 7.05. The number of piperidine rings is 1. The average molecular weight is 316 g/mol. The van der Waals surface area contributed by atoms with Crippen LogP contribution in [0, 0.1) is 11.7 Å². The summed E-state index contributed by atoms with van der Waals surface area (Å²) in [4.78, 5) is 14.2. The van der Waals surface area contributed by atoms with Crippen LogP contribution < -0.4 is 5.32 Å². The molecule has 0 atom stereocenters. The molecule has 23 heavy (non-hydrogen) atoms. The van der Waals surface area contributed by atoms with Crippen molar-refractivity contribution in [2.24, 2.45) is 5.92 Å². The molecule has 0 radical (unpaired) electrons. The minimum absolute atomic E-state index is 0.0536. The van der Waals surface area contributed by atoms with E-state index in [-0.39, 0.29) is 11.7 Å². The number of benzene rings is 1. The van der Waals surface area contributed by atoms with Crippen molar-refractivity contribution in [2.75, 3.05) is 25.0 Å². The first kappa shape index (κ1) is 15.7. The van der Waals surface area contributed by atoms with Crippen molar-refractivity contribution in [3.63, 3.8) is 0 Å². The summed E-state index contributed by atoms with van der Waals surface area (Å²) in [5.74, 6) is 0.260. The molecule has 5 nitrogen and oxygen atoms in total. The number of carbonyl (C=O) groups excluding carboxylic acids is 1. The summed E-state index contributed by atoms with van der Waals surface area (Å²) >= 11 is 0. The van der Waals surface area contributed by atoms with Crippen LogP contribution in [0.2, 0.25) is 0 Å². The number of anilines is 1. The molecular weight excluding hydrogens is 295 g/mol. The molecule has 1 fully saturated rings. The zero-order valence-electron chi connectivity index (χ0n) is 13.0. The van der Waals surface area contributed by atoms with E-state index in [2.05, 4.69) is 15.3 Å². The van der Waals surface area contributed by atoms with E-state index in [1.165, 1.54) is 12.1 Å². The number of hydrogen-bond acceptors (Lipinski definition) is 3. The van der Waals surface area contributed by atoms with Gasteiger partial charge in [0.15, 0.2) is 0 Å². The fraction of sp³-hybridized carbons (Fsp3) is 0.412. The molecule has 122 valence electrons. The lowest BCUT2D eigenvalue weighted by atomic mass is 9.97. The van der Waals surface area contributed by atoms with Crippen molar-refractivity contribution in [1.82, 2.24) is 14.7 Å². The first-order chi connectivity index (χ1) is 11.2. The fourth-order valence-corrected chi connectivity index (χ4v) is 2.94. The first-order valence-electron chi connectivity index (χ1n) is 7.94. The highest BCUT2D eigenvalue weighted by atomic mass is 19.1. The maximum absolute atomic E-state index is 12.8. The Kier molecular flexibility index (Phi) is 5.02. The molecule has 2 heterocycles. The van der Waals surface area contributed by atoms with Gasteiger partial charge in [-0.15, -0.1) is 0 Å². The van der Waals surface area contributed by atoms with E-state index in [4.69, 9.17) is 0 Å². The van der Waals surface area contributed by atoms with Crippen LogP contribution in [0.25, 0.3) is 0 Å². The van der Waals surface area contributed by atoms with E-state index in [0.29, 0.717) is 18.2 Å². The fourth-order valence-electron chi connectivity index (χ4n) is 2.94. The number of hydrogen-bond donors (Lipinski definition) is 1. The van der Waals surface area contributed by atoms with Crippen LogP contribution in [0.3, 0.4) is 0 Å². The third kappa shape index (κ3) is 4.63. The Bertz CT molecular complexity index is 619. The van der Waals surface area contributed by atoms with Crippen molar-refractivity contribution < 1.29 is 9.18 Å². The Morgan fingerprint density at radius 2 is 2.00 bits per heavy atom. The highest BCUT2D eigenvalue weighted by Gasteiger charge is 2.21. The summed E-state index contributed by atoms with van der Waals surface area (Å²) in [5.41, 5.74) is 0.630. The molecule has 1 aliphatic rings. The molecule has 1 saturated heterocycles. The van der Waals surface area contributed by atoms with Gasteiger partial charge >= 0.3 is 0 Å². The molecule has 2 aromatic rings. The average Bonchev–Trinajstić information content (AvgIpc) is 3.04. The Morgan fingerprint density at radius 3 is 2.65 bits per heavy atom. The predicted molar refractivity (Wildman–Crippen MR) is 86.4 cm³/mol. The van der Waals surface area contributed by atoms with Gasteiger partial charge in [0.1, 0.15) is 5.82 Å². The summed E-state index contributed by atoms with van der Waals surface area (Å²) in [7, 11) is 0. The summed E-state index contributed by atoms with van der Waals surface area (Å²) in [6.45, 7) is 3.17. The third-order valence-electron chi connectivity index (χ3n) is 4.21. The van der Waals surface area contributed by atoms with Gasteiger partial charge in [-0.1, -0.05) is 0 Å². The third-order valence-corrected chi connectivity index (χ3v) is 4.21. The smallest absolute Gasteiger partial charge is 0.238 e. The number of nitrogens with one attached hydrogen (secondary N) is 1. The number of aromatic nitrogens is 2. The molecule has 1 aliphatic heterocycles. The van der Waals surface area contributed by atoms with Gasteiger partial charge in [-0.25, -0.2) is 4.39 Å². The molecule has 0 bridgehead atoms. The Balaban J connectivity index is 1.41. The standard InChI is InChI=1S/C17H21FN4O/c18-15-2-4-16(5-3-15)20-17(23)13-21-10-6-14(7-11-21)12-22-9-1-8-19-22/h1-5,8-9,14H,6-7,10-13H2,(H,20,23). The zero-order chi connectivity index (χ0) is 16.1. The van der Waals surface area contributed by atoms with Gasteiger partial charge < -0.3 is 5.32 Å². The molecule has 1 aromatic heterocycles. The van der Waals surface area contributed by atoms with Crippen molar-refractivity contribution in [3.8, 4) is 0 Å². The second kappa shape index (κ2) is 7.37. The molecular formula is C17H21FN4O. The van der Waals surface area contributed by atoms with E-state index in [9.17, 15) is 9.18 Å². The van der Waals surface area contributed by atoms with Gasteiger partial charge in [-0.3, -0.25) is 14.4 Å². The number of nitrogens with zero attached hydrogens (tertiary/aromatic N) is 3. The van der Waals surface area contributed by atoms with Crippen molar-refractivity contribution in [1.29, 1.82) is 0 Å². The number of likely N-dealkylation sites (tertiary alicyclic amines) is 1. The van der Waals surface area contributed by atoms with Gasteiger partial charge in [0.25, 0.3) is 0 Å². The first-order valence-corrected chi connectivity index (χ1v) is 7.94. The molecule has 3 rings (SSSR count). The predicted octanol–water partition coefficient (Wildman–Crippen LogP) is 2.37. The SMILES string of the molecule is O=C(CN1CCC(Cn2cccn2)CC1)Nc1ccc(F)cc1. The summed E-state index contributed by atoms with van der Waals surface area (Å²) in [6, 6.07) is 7.77. The molecule has 1 N–H and O–H groups in total. The highest BCUT2D eigenvalue weighted by molar-refractivity contribution is 5.92. The van der Waals surface area contributed by atoms with Crippen LogP contribution in [0.4, 0.5) is 10.1 Å². The Hall–Kier alpha value is -2.21. The molecule has 0 spiro atoms. The van der Waals surface area contributed by atoms with E-state index in [0.717, 1.165) is 32.5 Å². The monoisotopic (exact) mass is 316 g/mol. The second-order valence-electron chi connectivity index (χ2n) is 6.00. The van der Waals surface area contributed by atoms with E-state index in [1.807, 2.05) is 16.9 Å². The minimum atomic E-state index is -0.303. The van der Waals surface area contributed by atoms with Crippen LogP contribution >= 0.6 is 0 Å². The lowest BCUT2D eigenvalue weighted by Crippen LogP contribution is -2.40. The van der Waals surface area contributed by atoms with Crippen LogP contribution in [-0.4, -0.2) is 40.2 Å².